The van der Waals surface area contributed by atoms with Gasteiger partial charge in [-0.05, 0) is 79.8 Å². The first kappa shape index (κ1) is 26.6. The molecule has 0 radical (unpaired) electrons. The number of halogens is 3. The molecule has 2 heterocycles. The highest BCUT2D eigenvalue weighted by atomic mass is 35.5. The van der Waals surface area contributed by atoms with E-state index >= 15 is 0 Å². The molecular weight excluding hydrogens is 526 g/mol. The van der Waals surface area contributed by atoms with Crippen LogP contribution in [0.2, 0.25) is 0 Å². The Morgan fingerprint density at radius 3 is 2.44 bits per heavy atom. The van der Waals surface area contributed by atoms with Gasteiger partial charge in [0.1, 0.15) is 11.6 Å². The number of hydrogen-bond donors (Lipinski definition) is 1. The maximum absolute atomic E-state index is 13.4. The molecule has 10 heteroatoms. The lowest BCUT2D eigenvalue weighted by Crippen LogP contribution is -2.32. The molecule has 4 aromatic rings. The molecule has 1 aliphatic heterocycles. The molecule has 7 nitrogen and oxygen atoms in total. The molecule has 1 saturated heterocycles. The topological polar surface area (TPSA) is 76.5 Å². The zero-order chi connectivity index (χ0) is 27.5. The molecule has 0 spiro atoms. The highest BCUT2D eigenvalue weighted by molar-refractivity contribution is 6.19. The smallest absolute Gasteiger partial charge is 0.387 e. The summed E-state index contributed by atoms with van der Waals surface area (Å²) in [6.45, 7) is 0.395. The summed E-state index contributed by atoms with van der Waals surface area (Å²) in [5.74, 6) is 0.0873. The van der Waals surface area contributed by atoms with Crippen LogP contribution < -0.4 is 10.1 Å². The maximum atomic E-state index is 13.4. The van der Waals surface area contributed by atoms with Crippen LogP contribution in [0.3, 0.4) is 0 Å². The van der Waals surface area contributed by atoms with E-state index in [1.165, 1.54) is 16.2 Å². The van der Waals surface area contributed by atoms with E-state index in [1.807, 2.05) is 36.1 Å². The first-order chi connectivity index (χ1) is 18.8. The first-order valence-electron chi connectivity index (χ1n) is 12.7. The highest BCUT2D eigenvalue weighted by Crippen LogP contribution is 2.26. The number of carbonyl (C=O) groups excluding carboxylic acids is 2. The number of likely N-dealkylation sites (tertiary alicyclic amines) is 1. The van der Waals surface area contributed by atoms with E-state index in [2.05, 4.69) is 15.0 Å². The third kappa shape index (κ3) is 5.88. The molecule has 2 amide bonds. The van der Waals surface area contributed by atoms with Crippen molar-refractivity contribution < 1.29 is 23.1 Å². The van der Waals surface area contributed by atoms with Crippen LogP contribution in [0.25, 0.3) is 11.0 Å². The Hall–Kier alpha value is -3.98. The molecule has 5 rings (SSSR count). The van der Waals surface area contributed by atoms with Gasteiger partial charge in [-0.25, -0.2) is 9.07 Å². The van der Waals surface area contributed by atoms with Crippen molar-refractivity contribution in [1.82, 2.24) is 19.3 Å². The molecule has 1 aliphatic rings. The number of amides is 2. The van der Waals surface area contributed by atoms with Gasteiger partial charge in [0.25, 0.3) is 11.8 Å². The average molecular weight is 553 g/mol. The molecule has 1 unspecified atom stereocenters. The van der Waals surface area contributed by atoms with Crippen LogP contribution in [0.1, 0.15) is 56.6 Å². The molecule has 3 aromatic carbocycles. The Morgan fingerprint density at radius 1 is 1.05 bits per heavy atom. The van der Waals surface area contributed by atoms with Gasteiger partial charge in [0.05, 0.1) is 17.1 Å². The molecule has 0 bridgehead atoms. The fraction of sp³-hybridized carbons (Fsp3) is 0.276. The molecule has 1 N–H and O–H groups in total. The summed E-state index contributed by atoms with van der Waals surface area (Å²) in [4.78, 5) is 32.8. The lowest BCUT2D eigenvalue weighted by atomic mass is 10.0. The molecule has 0 aliphatic carbocycles. The fourth-order valence-electron chi connectivity index (χ4n) is 4.86. The van der Waals surface area contributed by atoms with Crippen LogP contribution in [0.5, 0.6) is 5.75 Å². The number of ether oxygens (including phenoxy) is 1. The predicted octanol–water partition coefficient (Wildman–Crippen LogP) is 5.90. The second-order valence-corrected chi connectivity index (χ2v) is 9.86. The number of aryl methyl sites for hydroxylation is 1. The van der Waals surface area contributed by atoms with Gasteiger partial charge in [0.2, 0.25) is 0 Å². The number of nitrogens with zero attached hydrogens (tertiary/aromatic N) is 3. The fourth-order valence-corrected chi connectivity index (χ4v) is 5.16. The van der Waals surface area contributed by atoms with E-state index in [1.54, 1.807) is 30.3 Å². The molecule has 1 fully saturated rings. The van der Waals surface area contributed by atoms with Gasteiger partial charge in [-0.15, -0.1) is 0 Å². The van der Waals surface area contributed by atoms with E-state index < -0.39 is 12.7 Å². The van der Waals surface area contributed by atoms with E-state index in [0.717, 1.165) is 37.1 Å². The predicted molar refractivity (Wildman–Crippen MR) is 144 cm³/mol. The molecule has 0 saturated carbocycles. The van der Waals surface area contributed by atoms with Gasteiger partial charge >= 0.3 is 6.61 Å². The first-order valence-corrected chi connectivity index (χ1v) is 13.0. The number of carbonyl (C=O) groups is 2. The van der Waals surface area contributed by atoms with Crippen molar-refractivity contribution in [3.8, 4) is 5.75 Å². The van der Waals surface area contributed by atoms with Gasteiger partial charge in [-0.2, -0.15) is 8.78 Å². The Balaban J connectivity index is 1.41. The lowest BCUT2D eigenvalue weighted by Gasteiger charge is -2.20. The Morgan fingerprint density at radius 2 is 1.77 bits per heavy atom. The number of hydrogen-bond acceptors (Lipinski definition) is 4. The normalized spacial score (nSPS) is 14.1. The number of fused-ring (bicyclic) bond motifs is 1. The number of nitrogens with one attached hydrogen (secondary N) is 1. The van der Waals surface area contributed by atoms with E-state index in [-0.39, 0.29) is 17.6 Å². The summed E-state index contributed by atoms with van der Waals surface area (Å²) >= 11 is 6.63. The van der Waals surface area contributed by atoms with Crippen LogP contribution in [-0.4, -0.2) is 45.5 Å². The van der Waals surface area contributed by atoms with Gasteiger partial charge in [0, 0.05) is 36.0 Å². The molecule has 1 aromatic heterocycles. The van der Waals surface area contributed by atoms with Crippen LogP contribution in [0.15, 0.2) is 66.7 Å². The molecule has 1 atom stereocenters. The van der Waals surface area contributed by atoms with E-state index in [9.17, 15) is 18.4 Å². The van der Waals surface area contributed by atoms with Gasteiger partial charge in [0.15, 0.2) is 0 Å². The summed E-state index contributed by atoms with van der Waals surface area (Å²) in [5.41, 5.74) is 3.81. The maximum Gasteiger partial charge on any atom is 0.387 e. The number of imidazole rings is 1. The van der Waals surface area contributed by atoms with E-state index in [0.29, 0.717) is 34.4 Å². The molecular formula is C29H27ClF2N4O3. The Kier molecular flexibility index (Phi) is 7.79. The standard InChI is InChI=1S/C29H27ClF2N4O3/c1-18-16-20(10-13-22(18)28(38)35-14-4-5-15-35)27(37)34-24(17-19-8-11-21(12-9-19)39-29(31)32)26-33-23-6-2-3-7-25(23)36(26)30/h2-3,6-13,16,24,29H,4-5,14-15,17H2,1H3,(H,34,37). The number of alkyl halides is 2. The van der Waals surface area contributed by atoms with Crippen molar-refractivity contribution in [3.05, 3.63) is 94.8 Å². The summed E-state index contributed by atoms with van der Waals surface area (Å²) < 4.78 is 31.0. The van der Waals surface area contributed by atoms with Crippen LogP contribution >= 0.6 is 11.8 Å². The summed E-state index contributed by atoms with van der Waals surface area (Å²) in [6.07, 6.45) is 2.29. The molecule has 202 valence electrons. The van der Waals surface area contributed by atoms with Crippen LogP contribution in [0, 0.1) is 6.92 Å². The van der Waals surface area contributed by atoms with E-state index in [4.69, 9.17) is 11.8 Å². The Labute approximate surface area is 229 Å². The average Bonchev–Trinajstić information content (AvgIpc) is 3.57. The van der Waals surface area contributed by atoms with Gasteiger partial charge in [-0.3, -0.25) is 9.59 Å². The quantitative estimate of drug-likeness (QED) is 0.295. The third-order valence-corrected chi connectivity index (χ3v) is 7.20. The minimum absolute atomic E-state index is 0.0232. The summed E-state index contributed by atoms with van der Waals surface area (Å²) in [7, 11) is 0. The number of rotatable bonds is 8. The zero-order valence-electron chi connectivity index (χ0n) is 21.2. The third-order valence-electron chi connectivity index (χ3n) is 6.85. The van der Waals surface area contributed by atoms with Crippen molar-refractivity contribution in [3.63, 3.8) is 0 Å². The minimum Gasteiger partial charge on any atom is -0.435 e. The van der Waals surface area contributed by atoms with Crippen molar-refractivity contribution in [1.29, 1.82) is 0 Å². The van der Waals surface area contributed by atoms with Crippen molar-refractivity contribution in [2.75, 3.05) is 13.1 Å². The zero-order valence-corrected chi connectivity index (χ0v) is 22.0. The lowest BCUT2D eigenvalue weighted by molar-refractivity contribution is -0.0498. The second-order valence-electron chi connectivity index (χ2n) is 9.52. The highest BCUT2D eigenvalue weighted by Gasteiger charge is 2.25. The molecule has 39 heavy (non-hydrogen) atoms. The minimum atomic E-state index is -2.92. The van der Waals surface area contributed by atoms with Crippen molar-refractivity contribution in [2.24, 2.45) is 0 Å². The Bertz CT molecular complexity index is 1500. The second kappa shape index (κ2) is 11.4. The van der Waals surface area contributed by atoms with Crippen molar-refractivity contribution in [2.45, 2.75) is 38.8 Å². The monoisotopic (exact) mass is 552 g/mol. The van der Waals surface area contributed by atoms with Crippen LogP contribution in [-0.2, 0) is 6.42 Å². The van der Waals surface area contributed by atoms with Crippen molar-refractivity contribution >= 4 is 34.6 Å². The summed E-state index contributed by atoms with van der Waals surface area (Å²) in [6, 6.07) is 17.9. The van der Waals surface area contributed by atoms with Gasteiger partial charge in [-0.1, -0.05) is 24.3 Å². The van der Waals surface area contributed by atoms with Crippen LogP contribution in [0.4, 0.5) is 8.78 Å². The SMILES string of the molecule is Cc1cc(C(=O)NC(Cc2ccc(OC(F)F)cc2)c2nc3ccccc3n2Cl)ccc1C(=O)N1CCCC1. The number of benzene rings is 3. The van der Waals surface area contributed by atoms with Gasteiger partial charge < -0.3 is 15.0 Å². The number of para-hydroxylation sites is 2. The summed E-state index contributed by atoms with van der Waals surface area (Å²) in [5, 5.41) is 3.02. The number of aromatic nitrogens is 2. The largest absolute Gasteiger partial charge is 0.435 e.